The first-order chi connectivity index (χ1) is 11.8. The zero-order valence-electron chi connectivity index (χ0n) is 16.2. The molecule has 1 heterocycles. The number of piperazine rings is 1. The van der Waals surface area contributed by atoms with Gasteiger partial charge in [-0.1, -0.05) is 0 Å². The molecule has 0 radical (unpaired) electrons. The van der Waals surface area contributed by atoms with Crippen LogP contribution >= 0.6 is 0 Å². The van der Waals surface area contributed by atoms with Gasteiger partial charge in [-0.3, -0.25) is 5.32 Å². The first-order valence-electron chi connectivity index (χ1n) is 8.31. The quantitative estimate of drug-likeness (QED) is 0.493. The van der Waals surface area contributed by atoms with Crippen LogP contribution < -0.4 is 5.32 Å². The summed E-state index contributed by atoms with van der Waals surface area (Å²) in [4.78, 5) is 41.8. The van der Waals surface area contributed by atoms with Crippen LogP contribution in [0.3, 0.4) is 0 Å². The zero-order chi connectivity index (χ0) is 20.1. The van der Waals surface area contributed by atoms with E-state index in [4.69, 9.17) is 14.6 Å². The lowest BCUT2D eigenvalue weighted by atomic mass is 10.2. The van der Waals surface area contributed by atoms with Gasteiger partial charge in [0.1, 0.15) is 11.2 Å². The number of hydrogen-bond donors (Lipinski definition) is 2. The molecule has 10 nitrogen and oxygen atoms in total. The van der Waals surface area contributed by atoms with E-state index in [0.717, 1.165) is 0 Å². The molecule has 0 atom stereocenters. The van der Waals surface area contributed by atoms with Crippen molar-refractivity contribution in [3.63, 3.8) is 0 Å². The van der Waals surface area contributed by atoms with Crippen LogP contribution in [0.4, 0.5) is 14.4 Å². The molecule has 0 spiro atoms. The highest BCUT2D eigenvalue weighted by atomic mass is 16.6. The minimum Gasteiger partial charge on any atom is -0.465 e. The Morgan fingerprint density at radius 2 is 1.35 bits per heavy atom. The van der Waals surface area contributed by atoms with Gasteiger partial charge in [-0.15, -0.1) is 4.99 Å². The standard InChI is InChI=1S/C16H28N4O6/c1-15(2,3)25-12(21)17-11(18-13(22)26-16(4,5)6)19-7-9-20(10-8-19)14(23)24/h7-10H2,1-6H3,(H,23,24)(H,17,18,21,22). The lowest BCUT2D eigenvalue weighted by molar-refractivity contribution is 0.0548. The van der Waals surface area contributed by atoms with Crippen LogP contribution in [0, 0.1) is 0 Å². The third-order valence-electron chi connectivity index (χ3n) is 3.05. The van der Waals surface area contributed by atoms with Crippen LogP contribution in [-0.2, 0) is 9.47 Å². The van der Waals surface area contributed by atoms with Crippen molar-refractivity contribution < 1.29 is 29.0 Å². The normalized spacial score (nSPS) is 16.2. The van der Waals surface area contributed by atoms with Gasteiger partial charge >= 0.3 is 18.3 Å². The third kappa shape index (κ3) is 8.04. The van der Waals surface area contributed by atoms with E-state index in [1.54, 1.807) is 46.4 Å². The van der Waals surface area contributed by atoms with Crippen LogP contribution in [0.25, 0.3) is 0 Å². The van der Waals surface area contributed by atoms with Crippen molar-refractivity contribution in [3.8, 4) is 0 Å². The van der Waals surface area contributed by atoms with Crippen molar-refractivity contribution >= 4 is 24.2 Å². The number of nitrogens with zero attached hydrogens (tertiary/aromatic N) is 3. The van der Waals surface area contributed by atoms with E-state index in [2.05, 4.69) is 10.3 Å². The summed E-state index contributed by atoms with van der Waals surface area (Å²) in [5.74, 6) is -0.0291. The van der Waals surface area contributed by atoms with Crippen LogP contribution in [0.5, 0.6) is 0 Å². The minimum atomic E-state index is -1.02. The summed E-state index contributed by atoms with van der Waals surface area (Å²) < 4.78 is 10.3. The molecule has 0 aliphatic carbocycles. The number of carboxylic acid groups (broad SMARTS) is 1. The highest BCUT2D eigenvalue weighted by Crippen LogP contribution is 2.10. The van der Waals surface area contributed by atoms with Crippen molar-refractivity contribution in [2.45, 2.75) is 52.7 Å². The average molecular weight is 372 g/mol. The van der Waals surface area contributed by atoms with Crippen molar-refractivity contribution in [1.29, 1.82) is 0 Å². The molecule has 0 aromatic heterocycles. The van der Waals surface area contributed by atoms with Crippen molar-refractivity contribution in [1.82, 2.24) is 15.1 Å². The van der Waals surface area contributed by atoms with Crippen molar-refractivity contribution in [2.75, 3.05) is 26.2 Å². The molecule has 0 unspecified atom stereocenters. The topological polar surface area (TPSA) is 121 Å². The first-order valence-corrected chi connectivity index (χ1v) is 8.31. The summed E-state index contributed by atoms with van der Waals surface area (Å²) in [6.45, 7) is 11.2. The second-order valence-electron chi connectivity index (χ2n) is 7.80. The molecule has 0 aromatic rings. The predicted octanol–water partition coefficient (Wildman–Crippen LogP) is 2.10. The van der Waals surface area contributed by atoms with Gasteiger partial charge < -0.3 is 24.4 Å². The molecule has 0 saturated carbocycles. The second kappa shape index (κ2) is 8.24. The molecule has 0 bridgehead atoms. The highest BCUT2D eigenvalue weighted by Gasteiger charge is 2.27. The summed E-state index contributed by atoms with van der Waals surface area (Å²) >= 11 is 0. The van der Waals surface area contributed by atoms with E-state index in [0.29, 0.717) is 0 Å². The Balaban J connectivity index is 2.90. The van der Waals surface area contributed by atoms with Gasteiger partial charge in [-0.2, -0.15) is 0 Å². The summed E-state index contributed by atoms with van der Waals surface area (Å²) in [6, 6.07) is 0. The molecule has 1 saturated heterocycles. The third-order valence-corrected chi connectivity index (χ3v) is 3.05. The number of rotatable bonds is 0. The molecule has 10 heteroatoms. The molecular formula is C16H28N4O6. The fraction of sp³-hybridized carbons (Fsp3) is 0.750. The summed E-state index contributed by atoms with van der Waals surface area (Å²) in [7, 11) is 0. The van der Waals surface area contributed by atoms with E-state index < -0.39 is 29.5 Å². The number of aliphatic imine (C=N–C) groups is 1. The van der Waals surface area contributed by atoms with Gasteiger partial charge in [0.2, 0.25) is 5.96 Å². The van der Waals surface area contributed by atoms with Crippen molar-refractivity contribution in [3.05, 3.63) is 0 Å². The van der Waals surface area contributed by atoms with E-state index in [-0.39, 0.29) is 32.1 Å². The lowest BCUT2D eigenvalue weighted by Gasteiger charge is -2.35. The molecule has 0 aromatic carbocycles. The molecule has 1 aliphatic rings. The van der Waals surface area contributed by atoms with Crippen LogP contribution in [-0.4, -0.2) is 76.5 Å². The predicted molar refractivity (Wildman–Crippen MR) is 94.2 cm³/mol. The highest BCUT2D eigenvalue weighted by molar-refractivity contribution is 5.99. The summed E-state index contributed by atoms with van der Waals surface area (Å²) in [6.07, 6.45) is -2.64. The SMILES string of the molecule is CC(C)(C)OC(=O)N=C(NC(=O)OC(C)(C)C)N1CCN(C(=O)O)CC1. The Kier molecular flexibility index (Phi) is 6.82. The van der Waals surface area contributed by atoms with Gasteiger partial charge in [-0.25, -0.2) is 14.4 Å². The maximum Gasteiger partial charge on any atom is 0.437 e. The molecule has 26 heavy (non-hydrogen) atoms. The first kappa shape index (κ1) is 21.5. The minimum absolute atomic E-state index is 0.0291. The second-order valence-corrected chi connectivity index (χ2v) is 7.80. The molecule has 1 aliphatic heterocycles. The van der Waals surface area contributed by atoms with Crippen LogP contribution in [0.2, 0.25) is 0 Å². The molecule has 148 valence electrons. The molecule has 1 rings (SSSR count). The Bertz CT molecular complexity index is 568. The molecule has 1 fully saturated rings. The fourth-order valence-electron chi connectivity index (χ4n) is 2.05. The van der Waals surface area contributed by atoms with E-state index >= 15 is 0 Å². The number of guanidine groups is 1. The fourth-order valence-corrected chi connectivity index (χ4v) is 2.05. The monoisotopic (exact) mass is 372 g/mol. The number of ether oxygens (including phenoxy) is 2. The smallest absolute Gasteiger partial charge is 0.437 e. The number of amides is 3. The Hall–Kier alpha value is -2.52. The number of alkyl carbamates (subject to hydrolysis) is 1. The van der Waals surface area contributed by atoms with Gasteiger partial charge in [0.15, 0.2) is 0 Å². The van der Waals surface area contributed by atoms with Crippen molar-refractivity contribution in [2.24, 2.45) is 4.99 Å². The number of hydrogen-bond acceptors (Lipinski definition) is 5. The maximum absolute atomic E-state index is 12.1. The average Bonchev–Trinajstić information content (AvgIpc) is 2.42. The van der Waals surface area contributed by atoms with Crippen LogP contribution in [0.15, 0.2) is 4.99 Å². The molecule has 3 amide bonds. The molecular weight excluding hydrogens is 344 g/mol. The van der Waals surface area contributed by atoms with Gasteiger partial charge in [0.05, 0.1) is 0 Å². The number of carbonyl (C=O) groups is 3. The lowest BCUT2D eigenvalue weighted by Crippen LogP contribution is -2.55. The van der Waals surface area contributed by atoms with Gasteiger partial charge in [0.25, 0.3) is 0 Å². The Morgan fingerprint density at radius 1 is 0.885 bits per heavy atom. The van der Waals surface area contributed by atoms with E-state index in [1.807, 2.05) is 0 Å². The summed E-state index contributed by atoms with van der Waals surface area (Å²) in [5.41, 5.74) is -1.46. The Labute approximate surface area is 153 Å². The number of nitrogens with one attached hydrogen (secondary N) is 1. The Morgan fingerprint density at radius 3 is 1.77 bits per heavy atom. The summed E-state index contributed by atoms with van der Waals surface area (Å²) in [5, 5.41) is 11.5. The van der Waals surface area contributed by atoms with Gasteiger partial charge in [0, 0.05) is 26.2 Å². The largest absolute Gasteiger partial charge is 0.465 e. The maximum atomic E-state index is 12.1. The molecule has 2 N–H and O–H groups in total. The van der Waals surface area contributed by atoms with Crippen LogP contribution in [0.1, 0.15) is 41.5 Å². The van der Waals surface area contributed by atoms with Gasteiger partial charge in [-0.05, 0) is 41.5 Å². The van der Waals surface area contributed by atoms with E-state index in [9.17, 15) is 14.4 Å². The number of carbonyl (C=O) groups excluding carboxylic acids is 2. The zero-order valence-corrected chi connectivity index (χ0v) is 16.2. The van der Waals surface area contributed by atoms with E-state index in [1.165, 1.54) is 4.90 Å².